The Kier molecular flexibility index (Phi) is 9.34. The topological polar surface area (TPSA) is 65.5 Å². The summed E-state index contributed by atoms with van der Waals surface area (Å²) in [6.45, 7) is 4.81. The number of rotatable bonds is 7. The number of guanidine groups is 1. The maximum atomic E-state index is 11.5. The Bertz CT molecular complexity index is 505. The predicted molar refractivity (Wildman–Crippen MR) is 106 cm³/mol. The van der Waals surface area contributed by atoms with Crippen molar-refractivity contribution >= 4 is 63.1 Å². The molecule has 1 aliphatic rings. The van der Waals surface area contributed by atoms with E-state index in [1.165, 1.54) is 4.88 Å². The van der Waals surface area contributed by atoms with Crippen molar-refractivity contribution in [1.82, 2.24) is 16.0 Å². The van der Waals surface area contributed by atoms with Crippen LogP contribution in [0.1, 0.15) is 24.6 Å². The Hall–Kier alpha value is -0.350. The Labute approximate surface area is 160 Å². The summed E-state index contributed by atoms with van der Waals surface area (Å²) in [5, 5.41) is 11.4. The van der Waals surface area contributed by atoms with Crippen molar-refractivity contribution in [2.24, 2.45) is 10.9 Å². The van der Waals surface area contributed by atoms with Gasteiger partial charge in [0.15, 0.2) is 5.96 Å². The monoisotopic (exact) mass is 500 g/mol. The number of halogens is 2. The highest BCUT2D eigenvalue weighted by Gasteiger charge is 2.28. The van der Waals surface area contributed by atoms with E-state index in [4.69, 9.17) is 0 Å². The molecule has 8 heteroatoms. The fourth-order valence-electron chi connectivity index (χ4n) is 1.79. The van der Waals surface area contributed by atoms with Crippen LogP contribution in [0.15, 0.2) is 20.9 Å². The van der Waals surface area contributed by atoms with Gasteiger partial charge in [-0.2, -0.15) is 0 Å². The molecule has 124 valence electrons. The largest absolute Gasteiger partial charge is 0.357 e. The van der Waals surface area contributed by atoms with Gasteiger partial charge < -0.3 is 16.0 Å². The molecular formula is C14H22BrIN4OS. The average molecular weight is 501 g/mol. The predicted octanol–water partition coefficient (Wildman–Crippen LogP) is 2.71. The summed E-state index contributed by atoms with van der Waals surface area (Å²) in [5.74, 6) is 1.23. The highest BCUT2D eigenvalue weighted by molar-refractivity contribution is 14.0. The summed E-state index contributed by atoms with van der Waals surface area (Å²) in [6.07, 6.45) is 2.08. The van der Waals surface area contributed by atoms with Gasteiger partial charge in [-0.15, -0.1) is 35.3 Å². The lowest BCUT2D eigenvalue weighted by atomic mass is 10.4. The quantitative estimate of drug-likeness (QED) is 0.233. The van der Waals surface area contributed by atoms with Crippen LogP contribution in [-0.4, -0.2) is 31.5 Å². The summed E-state index contributed by atoms with van der Waals surface area (Å²) in [4.78, 5) is 17.2. The second-order valence-electron chi connectivity index (χ2n) is 4.92. The standard InChI is InChI=1S/C14H21BrN4OS.HI/c1-2-16-14(19-8-12-7-11(15)9-21-12)18-6-5-17-13(20)10-3-4-10;/h7,9-10H,2-6,8H2,1H3,(H,17,20)(H2,16,18,19);1H. The van der Waals surface area contributed by atoms with E-state index in [2.05, 4.69) is 48.3 Å². The van der Waals surface area contributed by atoms with Crippen LogP contribution in [0.25, 0.3) is 0 Å². The normalized spacial score (nSPS) is 14.2. The Morgan fingerprint density at radius 3 is 2.68 bits per heavy atom. The number of carbonyl (C=O) groups is 1. The van der Waals surface area contributed by atoms with Crippen LogP contribution in [0.3, 0.4) is 0 Å². The highest BCUT2D eigenvalue weighted by atomic mass is 127. The van der Waals surface area contributed by atoms with E-state index in [-0.39, 0.29) is 35.8 Å². The number of hydrogen-bond donors (Lipinski definition) is 3. The first-order chi connectivity index (χ1) is 10.2. The van der Waals surface area contributed by atoms with Gasteiger partial charge in [0.2, 0.25) is 5.91 Å². The van der Waals surface area contributed by atoms with Gasteiger partial charge in [0.05, 0.1) is 6.54 Å². The lowest BCUT2D eigenvalue weighted by Crippen LogP contribution is -2.41. The van der Waals surface area contributed by atoms with E-state index < -0.39 is 0 Å². The molecule has 0 atom stereocenters. The van der Waals surface area contributed by atoms with Gasteiger partial charge in [-0.3, -0.25) is 4.79 Å². The molecule has 0 radical (unpaired) electrons. The van der Waals surface area contributed by atoms with Crippen molar-refractivity contribution in [1.29, 1.82) is 0 Å². The maximum absolute atomic E-state index is 11.5. The van der Waals surface area contributed by atoms with Gasteiger partial charge in [-0.05, 0) is 41.8 Å². The molecule has 2 rings (SSSR count). The van der Waals surface area contributed by atoms with Crippen LogP contribution in [-0.2, 0) is 11.3 Å². The molecule has 1 heterocycles. The van der Waals surface area contributed by atoms with Gasteiger partial charge in [0, 0.05) is 40.3 Å². The van der Waals surface area contributed by atoms with Gasteiger partial charge >= 0.3 is 0 Å². The fourth-order valence-corrected chi connectivity index (χ4v) is 3.17. The molecule has 5 nitrogen and oxygen atoms in total. The van der Waals surface area contributed by atoms with Gasteiger partial charge in [0.1, 0.15) is 0 Å². The first kappa shape index (κ1) is 19.7. The van der Waals surface area contributed by atoms with Crippen molar-refractivity contribution in [2.45, 2.75) is 26.3 Å². The smallest absolute Gasteiger partial charge is 0.223 e. The summed E-state index contributed by atoms with van der Waals surface area (Å²) < 4.78 is 1.10. The molecule has 1 amide bonds. The molecule has 22 heavy (non-hydrogen) atoms. The number of nitrogens with zero attached hydrogens (tertiary/aromatic N) is 1. The molecule has 0 unspecified atom stereocenters. The molecular weight excluding hydrogens is 479 g/mol. The van der Waals surface area contributed by atoms with E-state index in [0.29, 0.717) is 19.6 Å². The van der Waals surface area contributed by atoms with Crippen molar-refractivity contribution in [3.63, 3.8) is 0 Å². The number of nitrogens with one attached hydrogen (secondary N) is 3. The Balaban J connectivity index is 0.00000242. The lowest BCUT2D eigenvalue weighted by Gasteiger charge is -2.11. The number of hydrogen-bond acceptors (Lipinski definition) is 3. The number of aliphatic imine (C=N–C) groups is 1. The molecule has 0 spiro atoms. The SMILES string of the molecule is CCNC(=NCc1cc(Br)cs1)NCCNC(=O)C1CC1.I. The molecule has 0 saturated heterocycles. The van der Waals surface area contributed by atoms with E-state index in [1.807, 2.05) is 6.92 Å². The molecule has 0 bridgehead atoms. The summed E-state index contributed by atoms with van der Waals surface area (Å²) in [5.41, 5.74) is 0. The van der Waals surface area contributed by atoms with Crippen LogP contribution in [0.5, 0.6) is 0 Å². The average Bonchev–Trinajstić information content (AvgIpc) is 3.24. The minimum absolute atomic E-state index is 0. The van der Waals surface area contributed by atoms with Crippen LogP contribution in [0.2, 0.25) is 0 Å². The second-order valence-corrected chi connectivity index (χ2v) is 6.83. The first-order valence-electron chi connectivity index (χ1n) is 7.22. The number of amides is 1. The van der Waals surface area contributed by atoms with Gasteiger partial charge in [0.25, 0.3) is 0 Å². The molecule has 3 N–H and O–H groups in total. The van der Waals surface area contributed by atoms with Gasteiger partial charge in [-0.25, -0.2) is 4.99 Å². The van der Waals surface area contributed by atoms with Crippen molar-refractivity contribution in [3.05, 3.63) is 20.8 Å². The van der Waals surface area contributed by atoms with E-state index in [9.17, 15) is 4.79 Å². The van der Waals surface area contributed by atoms with Crippen LogP contribution in [0, 0.1) is 5.92 Å². The molecule has 0 aliphatic heterocycles. The van der Waals surface area contributed by atoms with Crippen molar-refractivity contribution in [2.75, 3.05) is 19.6 Å². The second kappa shape index (κ2) is 10.4. The molecule has 1 aromatic heterocycles. The van der Waals surface area contributed by atoms with Crippen LogP contribution in [0.4, 0.5) is 0 Å². The summed E-state index contributed by atoms with van der Waals surface area (Å²) >= 11 is 5.13. The zero-order valence-electron chi connectivity index (χ0n) is 12.5. The third-order valence-corrected chi connectivity index (χ3v) is 4.71. The zero-order chi connectivity index (χ0) is 15.1. The molecule has 0 aromatic carbocycles. The first-order valence-corrected chi connectivity index (χ1v) is 8.89. The van der Waals surface area contributed by atoms with E-state index in [0.717, 1.165) is 29.8 Å². The highest BCUT2D eigenvalue weighted by Crippen LogP contribution is 2.28. The lowest BCUT2D eigenvalue weighted by molar-refractivity contribution is -0.122. The van der Waals surface area contributed by atoms with Crippen molar-refractivity contribution < 1.29 is 4.79 Å². The Morgan fingerprint density at radius 2 is 2.09 bits per heavy atom. The van der Waals surface area contributed by atoms with Gasteiger partial charge in [-0.1, -0.05) is 0 Å². The molecule has 1 saturated carbocycles. The fraction of sp³-hybridized carbons (Fsp3) is 0.571. The number of thiophene rings is 1. The van der Waals surface area contributed by atoms with Crippen LogP contribution >= 0.6 is 51.2 Å². The van der Waals surface area contributed by atoms with Crippen LogP contribution < -0.4 is 16.0 Å². The molecule has 1 aromatic rings. The third-order valence-electron chi connectivity index (χ3n) is 3.02. The third kappa shape index (κ3) is 7.28. The van der Waals surface area contributed by atoms with E-state index in [1.54, 1.807) is 11.3 Å². The van der Waals surface area contributed by atoms with E-state index >= 15 is 0 Å². The molecule has 1 aliphatic carbocycles. The minimum atomic E-state index is 0. The zero-order valence-corrected chi connectivity index (χ0v) is 17.3. The number of carbonyl (C=O) groups excluding carboxylic acids is 1. The maximum Gasteiger partial charge on any atom is 0.223 e. The van der Waals surface area contributed by atoms with Crippen molar-refractivity contribution in [3.8, 4) is 0 Å². The molecule has 1 fully saturated rings. The minimum Gasteiger partial charge on any atom is -0.357 e. The summed E-state index contributed by atoms with van der Waals surface area (Å²) in [6, 6.07) is 2.08. The summed E-state index contributed by atoms with van der Waals surface area (Å²) in [7, 11) is 0. The Morgan fingerprint density at radius 1 is 1.36 bits per heavy atom.